The van der Waals surface area contributed by atoms with Crippen LogP contribution >= 0.6 is 11.6 Å². The van der Waals surface area contributed by atoms with E-state index in [9.17, 15) is 9.59 Å². The predicted molar refractivity (Wildman–Crippen MR) is 82.3 cm³/mol. The van der Waals surface area contributed by atoms with Crippen molar-refractivity contribution in [2.45, 2.75) is 27.7 Å². The van der Waals surface area contributed by atoms with Gasteiger partial charge >= 0.3 is 0 Å². The average molecular weight is 297 g/mol. The average Bonchev–Trinajstić information content (AvgIpc) is 2.41. The van der Waals surface area contributed by atoms with E-state index < -0.39 is 5.41 Å². The van der Waals surface area contributed by atoms with E-state index in [2.05, 4.69) is 10.6 Å². The number of hydrogen-bond acceptors (Lipinski definition) is 2. The van der Waals surface area contributed by atoms with E-state index in [1.165, 1.54) is 0 Å². The number of rotatable bonds is 5. The van der Waals surface area contributed by atoms with E-state index in [4.69, 9.17) is 11.6 Å². The fourth-order valence-corrected chi connectivity index (χ4v) is 1.68. The maximum absolute atomic E-state index is 12.1. The molecular formula is C15H21ClN2O2. The molecule has 0 unspecified atom stereocenters. The third-order valence-electron chi connectivity index (χ3n) is 3.02. The van der Waals surface area contributed by atoms with Crippen LogP contribution in [0.4, 0.5) is 5.69 Å². The van der Waals surface area contributed by atoms with E-state index in [0.717, 1.165) is 5.56 Å². The van der Waals surface area contributed by atoms with Crippen LogP contribution in [0.1, 0.15) is 36.7 Å². The third-order valence-corrected chi connectivity index (χ3v) is 3.69. The Morgan fingerprint density at radius 2 is 1.95 bits per heavy atom. The molecule has 20 heavy (non-hydrogen) atoms. The van der Waals surface area contributed by atoms with Gasteiger partial charge in [-0.25, -0.2) is 0 Å². The summed E-state index contributed by atoms with van der Waals surface area (Å²) >= 11 is 5.78. The molecule has 1 rings (SSSR count). The summed E-state index contributed by atoms with van der Waals surface area (Å²) in [7, 11) is 0. The van der Waals surface area contributed by atoms with Crippen LogP contribution in [0.2, 0.25) is 0 Å². The highest BCUT2D eigenvalue weighted by molar-refractivity contribution is 6.20. The van der Waals surface area contributed by atoms with Gasteiger partial charge in [0.25, 0.3) is 5.91 Å². The van der Waals surface area contributed by atoms with E-state index in [0.29, 0.717) is 17.8 Å². The van der Waals surface area contributed by atoms with Crippen LogP contribution < -0.4 is 10.6 Å². The molecule has 0 aliphatic carbocycles. The second-order valence-corrected chi connectivity index (χ2v) is 5.63. The molecule has 0 fully saturated rings. The van der Waals surface area contributed by atoms with Crippen molar-refractivity contribution < 1.29 is 9.59 Å². The van der Waals surface area contributed by atoms with E-state index in [-0.39, 0.29) is 17.7 Å². The van der Waals surface area contributed by atoms with Crippen molar-refractivity contribution in [3.63, 3.8) is 0 Å². The minimum absolute atomic E-state index is 0.116. The molecule has 110 valence electrons. The molecule has 0 atom stereocenters. The molecule has 0 saturated carbocycles. The molecule has 1 aromatic rings. The van der Waals surface area contributed by atoms with Crippen molar-refractivity contribution in [1.29, 1.82) is 0 Å². The lowest BCUT2D eigenvalue weighted by Crippen LogP contribution is -2.32. The maximum atomic E-state index is 12.1. The highest BCUT2D eigenvalue weighted by Crippen LogP contribution is 2.22. The number of benzene rings is 1. The van der Waals surface area contributed by atoms with Gasteiger partial charge in [0, 0.05) is 23.7 Å². The second-order valence-electron chi connectivity index (χ2n) is 5.36. The minimum atomic E-state index is -0.633. The first-order valence-corrected chi connectivity index (χ1v) is 7.11. The molecular weight excluding hydrogens is 276 g/mol. The number of hydrogen-bond donors (Lipinski definition) is 2. The summed E-state index contributed by atoms with van der Waals surface area (Å²) in [6.45, 7) is 7.88. The van der Waals surface area contributed by atoms with Gasteiger partial charge in [-0.05, 0) is 51.5 Å². The molecule has 0 aromatic heterocycles. The van der Waals surface area contributed by atoms with Crippen LogP contribution in [0.5, 0.6) is 0 Å². The van der Waals surface area contributed by atoms with Gasteiger partial charge in [-0.3, -0.25) is 9.59 Å². The van der Waals surface area contributed by atoms with Crippen molar-refractivity contribution in [1.82, 2.24) is 5.32 Å². The quantitative estimate of drug-likeness (QED) is 0.821. The van der Waals surface area contributed by atoms with Gasteiger partial charge < -0.3 is 10.6 Å². The third kappa shape index (κ3) is 3.97. The zero-order valence-corrected chi connectivity index (χ0v) is 13.1. The Morgan fingerprint density at radius 1 is 1.30 bits per heavy atom. The van der Waals surface area contributed by atoms with Crippen LogP contribution in [-0.4, -0.2) is 24.2 Å². The Labute approximate surface area is 124 Å². The molecule has 0 bridgehead atoms. The van der Waals surface area contributed by atoms with Gasteiger partial charge in [-0.1, -0.05) is 0 Å². The molecule has 4 nitrogen and oxygen atoms in total. The predicted octanol–water partition coefficient (Wildman–Crippen LogP) is 2.95. The lowest BCUT2D eigenvalue weighted by atomic mass is 9.95. The van der Waals surface area contributed by atoms with Crippen LogP contribution in [0, 0.1) is 12.3 Å². The summed E-state index contributed by atoms with van der Waals surface area (Å²) in [5.41, 5.74) is 1.49. The number of halogens is 1. The number of alkyl halides is 1. The van der Waals surface area contributed by atoms with Crippen molar-refractivity contribution in [3.05, 3.63) is 29.3 Å². The fourth-order valence-electron chi connectivity index (χ4n) is 1.56. The van der Waals surface area contributed by atoms with Gasteiger partial charge in [0.1, 0.15) is 0 Å². The highest BCUT2D eigenvalue weighted by Gasteiger charge is 2.26. The highest BCUT2D eigenvalue weighted by atomic mass is 35.5. The first kappa shape index (κ1) is 16.5. The maximum Gasteiger partial charge on any atom is 0.251 e. The molecule has 2 amide bonds. The number of aryl methyl sites for hydroxylation is 1. The standard InChI is InChI=1S/C15H21ClN2O2/c1-5-17-13(19)11-6-7-12(10(2)8-11)18-14(20)15(3,4)9-16/h6-8H,5,9H2,1-4H3,(H,17,19)(H,18,20). The van der Waals surface area contributed by atoms with Gasteiger partial charge in [-0.15, -0.1) is 11.6 Å². The van der Waals surface area contributed by atoms with E-state index in [1.807, 2.05) is 13.8 Å². The first-order chi connectivity index (χ1) is 9.31. The molecule has 0 radical (unpaired) electrons. The van der Waals surface area contributed by atoms with Crippen LogP contribution in [0.3, 0.4) is 0 Å². The molecule has 0 saturated heterocycles. The molecule has 0 aliphatic rings. The van der Waals surface area contributed by atoms with Crippen molar-refractivity contribution >= 4 is 29.1 Å². The summed E-state index contributed by atoms with van der Waals surface area (Å²) in [6, 6.07) is 5.19. The summed E-state index contributed by atoms with van der Waals surface area (Å²) in [6.07, 6.45) is 0. The van der Waals surface area contributed by atoms with Crippen LogP contribution in [0.15, 0.2) is 18.2 Å². The fraction of sp³-hybridized carbons (Fsp3) is 0.467. The molecule has 2 N–H and O–H groups in total. The van der Waals surface area contributed by atoms with Crippen molar-refractivity contribution in [2.24, 2.45) is 5.41 Å². The van der Waals surface area contributed by atoms with Gasteiger partial charge in [0.2, 0.25) is 5.91 Å². The number of amides is 2. The van der Waals surface area contributed by atoms with Gasteiger partial charge in [-0.2, -0.15) is 0 Å². The Hall–Kier alpha value is -1.55. The molecule has 0 heterocycles. The van der Waals surface area contributed by atoms with Crippen LogP contribution in [-0.2, 0) is 4.79 Å². The number of nitrogens with one attached hydrogen (secondary N) is 2. The van der Waals surface area contributed by atoms with Crippen molar-refractivity contribution in [2.75, 3.05) is 17.7 Å². The van der Waals surface area contributed by atoms with E-state index in [1.54, 1.807) is 32.0 Å². The first-order valence-electron chi connectivity index (χ1n) is 6.58. The Morgan fingerprint density at radius 3 is 2.45 bits per heavy atom. The van der Waals surface area contributed by atoms with Crippen molar-refractivity contribution in [3.8, 4) is 0 Å². The zero-order chi connectivity index (χ0) is 15.3. The molecule has 0 spiro atoms. The topological polar surface area (TPSA) is 58.2 Å². The monoisotopic (exact) mass is 296 g/mol. The lowest BCUT2D eigenvalue weighted by Gasteiger charge is -2.21. The summed E-state index contributed by atoms with van der Waals surface area (Å²) in [5.74, 6) is -0.00886. The lowest BCUT2D eigenvalue weighted by molar-refractivity contribution is -0.122. The second kappa shape index (κ2) is 6.75. The smallest absolute Gasteiger partial charge is 0.251 e. The SMILES string of the molecule is CCNC(=O)c1ccc(NC(=O)C(C)(C)CCl)c(C)c1. The number of anilines is 1. The van der Waals surface area contributed by atoms with Gasteiger partial charge in [0.15, 0.2) is 0 Å². The normalized spacial score (nSPS) is 11.1. The Balaban J connectivity index is 2.89. The zero-order valence-electron chi connectivity index (χ0n) is 12.3. The molecule has 5 heteroatoms. The van der Waals surface area contributed by atoms with Crippen LogP contribution in [0.25, 0.3) is 0 Å². The summed E-state index contributed by atoms with van der Waals surface area (Å²) < 4.78 is 0. The molecule has 1 aromatic carbocycles. The number of carbonyl (C=O) groups is 2. The largest absolute Gasteiger partial charge is 0.352 e. The summed E-state index contributed by atoms with van der Waals surface area (Å²) in [5, 5.41) is 5.58. The number of carbonyl (C=O) groups excluding carboxylic acids is 2. The minimum Gasteiger partial charge on any atom is -0.352 e. The molecule has 0 aliphatic heterocycles. The Kier molecular flexibility index (Phi) is 5.57. The summed E-state index contributed by atoms with van der Waals surface area (Å²) in [4.78, 5) is 23.8. The van der Waals surface area contributed by atoms with E-state index >= 15 is 0 Å². The Bertz CT molecular complexity index is 513. The van der Waals surface area contributed by atoms with Gasteiger partial charge in [0.05, 0.1) is 5.41 Å².